The van der Waals surface area contributed by atoms with Crippen LogP contribution in [0.1, 0.15) is 34.1 Å². The number of alkyl halides is 2. The average Bonchev–Trinajstić information content (AvgIpc) is 2.68. The predicted molar refractivity (Wildman–Crippen MR) is 111 cm³/mol. The van der Waals surface area contributed by atoms with Crippen LogP contribution in [-0.2, 0) is 9.84 Å². The highest BCUT2D eigenvalue weighted by Crippen LogP contribution is 2.64. The molecule has 0 saturated heterocycles. The molecule has 2 bridgehead atoms. The highest BCUT2D eigenvalue weighted by atomic mass is 79.9. The van der Waals surface area contributed by atoms with Crippen molar-refractivity contribution >= 4 is 37.4 Å². The quantitative estimate of drug-likeness (QED) is 0.478. The van der Waals surface area contributed by atoms with Crippen molar-refractivity contribution in [2.75, 3.05) is 0 Å². The maximum atomic E-state index is 13.7. The van der Waals surface area contributed by atoms with Crippen LogP contribution in [0.5, 0.6) is 0 Å². The minimum Gasteiger partial charge on any atom is -0.223 e. The third-order valence-corrected chi connectivity index (χ3v) is 9.84. The summed E-state index contributed by atoms with van der Waals surface area (Å²) >= 11 is 10.7. The molecule has 0 N–H and O–H groups in total. The van der Waals surface area contributed by atoms with Crippen LogP contribution < -0.4 is 0 Å². The predicted octanol–water partition coefficient (Wildman–Crippen LogP) is 5.45. The van der Waals surface area contributed by atoms with E-state index in [0.717, 1.165) is 22.3 Å². The molecule has 0 fully saturated rings. The molecule has 0 radical (unpaired) electrons. The Morgan fingerprint density at radius 1 is 0.741 bits per heavy atom. The molecule has 0 heterocycles. The molecule has 3 aliphatic carbocycles. The van der Waals surface area contributed by atoms with E-state index >= 15 is 0 Å². The number of halogens is 2. The van der Waals surface area contributed by atoms with E-state index in [1.165, 1.54) is 0 Å². The van der Waals surface area contributed by atoms with Gasteiger partial charge in [0, 0.05) is 11.8 Å². The minimum absolute atomic E-state index is 0.236. The Labute approximate surface area is 172 Å². The van der Waals surface area contributed by atoms with Crippen molar-refractivity contribution in [3.63, 3.8) is 0 Å². The monoisotopic (exact) mass is 458 g/mol. The van der Waals surface area contributed by atoms with Crippen LogP contribution in [0.2, 0.25) is 0 Å². The van der Waals surface area contributed by atoms with E-state index in [1.54, 1.807) is 24.3 Å². The van der Waals surface area contributed by atoms with Gasteiger partial charge in [0.25, 0.3) is 0 Å². The van der Waals surface area contributed by atoms with Crippen molar-refractivity contribution < 1.29 is 8.42 Å². The second kappa shape index (κ2) is 5.94. The van der Waals surface area contributed by atoms with Gasteiger partial charge in [-0.25, -0.2) is 8.42 Å². The fourth-order valence-electron chi connectivity index (χ4n) is 4.72. The van der Waals surface area contributed by atoms with Crippen molar-refractivity contribution in [1.82, 2.24) is 0 Å². The van der Waals surface area contributed by atoms with Crippen LogP contribution in [0.4, 0.5) is 0 Å². The van der Waals surface area contributed by atoms with Gasteiger partial charge in [-0.3, -0.25) is 0 Å². The van der Waals surface area contributed by atoms with Gasteiger partial charge in [-0.15, -0.1) is 11.6 Å². The second-order valence-corrected chi connectivity index (χ2v) is 11.6. The molecule has 6 rings (SSSR count). The molecule has 0 amide bonds. The van der Waals surface area contributed by atoms with Gasteiger partial charge in [-0.1, -0.05) is 82.7 Å². The van der Waals surface area contributed by atoms with E-state index in [1.807, 2.05) is 42.5 Å². The van der Waals surface area contributed by atoms with E-state index in [0.29, 0.717) is 4.90 Å². The van der Waals surface area contributed by atoms with Crippen molar-refractivity contribution in [2.24, 2.45) is 0 Å². The Kier molecular flexibility index (Phi) is 3.84. The van der Waals surface area contributed by atoms with Crippen LogP contribution in [0.3, 0.4) is 0 Å². The van der Waals surface area contributed by atoms with E-state index in [-0.39, 0.29) is 11.8 Å². The largest absolute Gasteiger partial charge is 0.223 e. The topological polar surface area (TPSA) is 34.1 Å². The summed E-state index contributed by atoms with van der Waals surface area (Å²) in [5, 5.41) is -0.802. The zero-order chi connectivity index (χ0) is 18.8. The number of benzene rings is 3. The van der Waals surface area contributed by atoms with Gasteiger partial charge >= 0.3 is 0 Å². The van der Waals surface area contributed by atoms with Crippen LogP contribution in [-0.4, -0.2) is 17.5 Å². The molecule has 3 aromatic carbocycles. The summed E-state index contributed by atoms with van der Waals surface area (Å²) in [6.07, 6.45) is 0. The molecule has 0 aliphatic heterocycles. The minimum atomic E-state index is -3.66. The van der Waals surface area contributed by atoms with Gasteiger partial charge in [0.1, 0.15) is 9.03 Å². The first-order chi connectivity index (χ1) is 12.9. The summed E-state index contributed by atoms with van der Waals surface area (Å²) in [4.78, 5) is 0.307. The van der Waals surface area contributed by atoms with Crippen molar-refractivity contribution in [3.05, 3.63) is 101 Å². The van der Waals surface area contributed by atoms with Crippen LogP contribution in [0.15, 0.2) is 83.8 Å². The van der Waals surface area contributed by atoms with Gasteiger partial charge in [0.05, 0.1) is 4.90 Å². The van der Waals surface area contributed by atoms with Crippen molar-refractivity contribution in [3.8, 4) is 0 Å². The normalized spacial score (nSPS) is 28.4. The summed E-state index contributed by atoms with van der Waals surface area (Å²) < 4.78 is 26.3. The van der Waals surface area contributed by atoms with Gasteiger partial charge in [0.2, 0.25) is 0 Å². The Hall–Kier alpha value is -1.62. The summed E-state index contributed by atoms with van der Waals surface area (Å²) in [5.74, 6) is -0.551. The van der Waals surface area contributed by atoms with Gasteiger partial charge in [-0.2, -0.15) is 0 Å². The lowest BCUT2D eigenvalue weighted by Gasteiger charge is -2.52. The molecule has 0 spiro atoms. The smallest absolute Gasteiger partial charge is 0.184 e. The van der Waals surface area contributed by atoms with Gasteiger partial charge < -0.3 is 0 Å². The zero-order valence-corrected chi connectivity index (χ0v) is 17.4. The van der Waals surface area contributed by atoms with Gasteiger partial charge in [0.15, 0.2) is 9.84 Å². The van der Waals surface area contributed by atoms with Crippen LogP contribution >= 0.6 is 27.5 Å². The molecule has 27 heavy (non-hydrogen) atoms. The summed E-state index contributed by atoms with van der Waals surface area (Å²) in [6.45, 7) is 0. The molecule has 136 valence electrons. The lowest BCUT2D eigenvalue weighted by molar-refractivity contribution is 0.481. The Balaban J connectivity index is 1.83. The average molecular weight is 460 g/mol. The van der Waals surface area contributed by atoms with Gasteiger partial charge in [-0.05, 0) is 34.4 Å². The summed E-state index contributed by atoms with van der Waals surface area (Å²) in [7, 11) is -3.66. The number of hydrogen-bond acceptors (Lipinski definition) is 2. The number of sulfone groups is 1. The van der Waals surface area contributed by atoms with E-state index in [2.05, 4.69) is 28.1 Å². The highest BCUT2D eigenvalue weighted by molar-refractivity contribution is 9.10. The second-order valence-electron chi connectivity index (χ2n) is 7.12. The van der Waals surface area contributed by atoms with Crippen molar-refractivity contribution in [1.29, 1.82) is 0 Å². The SMILES string of the molecule is O=S(=O)(c1ccccc1)C1C2c3ccccc3C(c3ccccc32)C1(Cl)Br. The number of rotatable bonds is 2. The molecular formula is C22H16BrClO2S. The summed E-state index contributed by atoms with van der Waals surface area (Å²) in [6, 6.07) is 24.7. The lowest BCUT2D eigenvalue weighted by Crippen LogP contribution is -2.54. The third-order valence-electron chi connectivity index (χ3n) is 5.76. The molecule has 0 aromatic heterocycles. The molecule has 2 nitrogen and oxygen atoms in total. The first kappa shape index (κ1) is 17.5. The fourth-order valence-corrected chi connectivity index (χ4v) is 8.96. The third kappa shape index (κ3) is 2.33. The standard InChI is InChI=1S/C22H16BrClO2S/c23-22(24)20-17-12-6-4-10-15(17)19(16-11-5-7-13-18(16)20)21(22)27(25,26)14-8-2-1-3-9-14/h1-13,19-21H. The zero-order valence-electron chi connectivity index (χ0n) is 14.2. The fraction of sp³-hybridized carbons (Fsp3) is 0.182. The Morgan fingerprint density at radius 3 is 1.70 bits per heavy atom. The number of fused-ring (bicyclic) bond motifs is 1. The maximum Gasteiger partial charge on any atom is 0.184 e. The van der Waals surface area contributed by atoms with E-state index in [9.17, 15) is 8.42 Å². The van der Waals surface area contributed by atoms with Crippen molar-refractivity contribution in [2.45, 2.75) is 25.8 Å². The molecule has 3 aliphatic rings. The molecule has 2 unspecified atom stereocenters. The van der Waals surface area contributed by atoms with E-state index in [4.69, 9.17) is 11.6 Å². The van der Waals surface area contributed by atoms with Crippen LogP contribution in [0, 0.1) is 0 Å². The summed E-state index contributed by atoms with van der Waals surface area (Å²) in [5.41, 5.74) is 4.32. The molecule has 3 aromatic rings. The molecule has 5 heteroatoms. The molecule has 2 atom stereocenters. The lowest BCUT2D eigenvalue weighted by atomic mass is 9.63. The van der Waals surface area contributed by atoms with Crippen LogP contribution in [0.25, 0.3) is 0 Å². The Morgan fingerprint density at radius 2 is 1.19 bits per heavy atom. The first-order valence-corrected chi connectivity index (χ1v) is 11.5. The molecule has 0 saturated carbocycles. The first-order valence-electron chi connectivity index (χ1n) is 8.78. The highest BCUT2D eigenvalue weighted by Gasteiger charge is 2.62. The maximum absolute atomic E-state index is 13.7. The van der Waals surface area contributed by atoms with E-state index < -0.39 is 18.9 Å². The number of hydrogen-bond donors (Lipinski definition) is 0. The Bertz CT molecular complexity index is 1090. The molecular weight excluding hydrogens is 444 g/mol.